The van der Waals surface area contributed by atoms with Gasteiger partial charge in [-0.1, -0.05) is 0 Å². The minimum atomic E-state index is -3.67. The molecule has 10 heteroatoms. The van der Waals surface area contributed by atoms with Crippen LogP contribution in [-0.2, 0) is 14.8 Å². The van der Waals surface area contributed by atoms with E-state index < -0.39 is 14.9 Å². The zero-order chi connectivity index (χ0) is 19.2. The lowest BCUT2D eigenvalue weighted by atomic mass is 10.3. The Morgan fingerprint density at radius 2 is 1.58 bits per heavy atom. The molecule has 9 nitrogen and oxygen atoms in total. The number of sulfonamides is 1. The summed E-state index contributed by atoms with van der Waals surface area (Å²) in [6.45, 7) is 1.80. The highest BCUT2D eigenvalue weighted by Crippen LogP contribution is 2.15. The van der Waals surface area contributed by atoms with Gasteiger partial charge in [0.2, 0.25) is 15.9 Å². The monoisotopic (exact) mass is 378 g/mol. The summed E-state index contributed by atoms with van der Waals surface area (Å²) in [4.78, 5) is 21.1. The first kappa shape index (κ1) is 19.3. The number of carbonyl (C=O) groups excluding carboxylic acids is 1. The lowest BCUT2D eigenvalue weighted by Crippen LogP contribution is -2.28. The van der Waals surface area contributed by atoms with Gasteiger partial charge in [0, 0.05) is 43.5 Å². The molecule has 0 saturated carbocycles. The second-order valence-corrected chi connectivity index (χ2v) is 7.10. The number of nitro groups is 1. The number of amides is 1. The van der Waals surface area contributed by atoms with Gasteiger partial charge in [0.15, 0.2) is 0 Å². The van der Waals surface area contributed by atoms with Crippen molar-refractivity contribution in [1.82, 2.24) is 4.72 Å². The van der Waals surface area contributed by atoms with E-state index in [1.54, 1.807) is 12.1 Å². The third-order valence-corrected chi connectivity index (χ3v) is 4.79. The molecule has 0 aliphatic rings. The number of hydrogen-bond donors (Lipinski definition) is 3. The van der Waals surface area contributed by atoms with Crippen molar-refractivity contribution in [3.63, 3.8) is 0 Å². The van der Waals surface area contributed by atoms with Crippen molar-refractivity contribution in [3.8, 4) is 0 Å². The van der Waals surface area contributed by atoms with Crippen molar-refractivity contribution in [3.05, 3.63) is 58.6 Å². The van der Waals surface area contributed by atoms with Crippen LogP contribution in [0.4, 0.5) is 17.1 Å². The standard InChI is InChI=1S/C16H18N4O5S/c1-12(21)19-14-4-8-16(9-5-14)26(24,25)18-11-10-17-13-2-6-15(7-3-13)20(22)23/h2-9,17-18H,10-11H2,1H3,(H,19,21). The van der Waals surface area contributed by atoms with Gasteiger partial charge in [0.05, 0.1) is 9.82 Å². The van der Waals surface area contributed by atoms with Crippen molar-refractivity contribution in [2.45, 2.75) is 11.8 Å². The van der Waals surface area contributed by atoms with Crippen LogP contribution < -0.4 is 15.4 Å². The maximum Gasteiger partial charge on any atom is 0.269 e. The molecule has 0 aliphatic heterocycles. The van der Waals surface area contributed by atoms with Crippen LogP contribution in [0.5, 0.6) is 0 Å². The van der Waals surface area contributed by atoms with Crippen molar-refractivity contribution in [2.75, 3.05) is 23.7 Å². The number of nitro benzene ring substituents is 1. The fourth-order valence-electron chi connectivity index (χ4n) is 2.10. The van der Waals surface area contributed by atoms with Crippen LogP contribution in [0.2, 0.25) is 0 Å². The maximum atomic E-state index is 12.2. The molecule has 138 valence electrons. The molecule has 1 amide bonds. The van der Waals surface area contributed by atoms with E-state index in [1.807, 2.05) is 0 Å². The Bertz CT molecular complexity index is 880. The second kappa shape index (κ2) is 8.41. The maximum absolute atomic E-state index is 12.2. The molecule has 0 saturated heterocycles. The summed E-state index contributed by atoms with van der Waals surface area (Å²) in [6.07, 6.45) is 0. The predicted octanol–water partition coefficient (Wildman–Crippen LogP) is 1.94. The minimum absolute atomic E-state index is 0.0148. The SMILES string of the molecule is CC(=O)Nc1ccc(S(=O)(=O)NCCNc2ccc([N+](=O)[O-])cc2)cc1. The molecule has 0 aromatic heterocycles. The van der Waals surface area contributed by atoms with Gasteiger partial charge in [-0.15, -0.1) is 0 Å². The predicted molar refractivity (Wildman–Crippen MR) is 97.5 cm³/mol. The highest BCUT2D eigenvalue weighted by molar-refractivity contribution is 7.89. The van der Waals surface area contributed by atoms with Crippen LogP contribution in [-0.4, -0.2) is 32.3 Å². The molecule has 0 atom stereocenters. The van der Waals surface area contributed by atoms with Crippen LogP contribution in [0.3, 0.4) is 0 Å². The van der Waals surface area contributed by atoms with Crippen LogP contribution in [0.15, 0.2) is 53.4 Å². The summed E-state index contributed by atoms with van der Waals surface area (Å²) in [5.74, 6) is -0.240. The van der Waals surface area contributed by atoms with Crippen molar-refractivity contribution >= 4 is 33.0 Å². The first-order valence-corrected chi connectivity index (χ1v) is 9.12. The molecule has 0 aliphatic carbocycles. The van der Waals surface area contributed by atoms with E-state index in [2.05, 4.69) is 15.4 Å². The molecule has 0 bridgehead atoms. The van der Waals surface area contributed by atoms with Crippen LogP contribution >= 0.6 is 0 Å². The molecule has 0 radical (unpaired) electrons. The normalized spacial score (nSPS) is 11.0. The molecule has 0 unspecified atom stereocenters. The Labute approximate surface area is 150 Å². The van der Waals surface area contributed by atoms with E-state index in [1.165, 1.54) is 43.3 Å². The molecule has 0 heterocycles. The van der Waals surface area contributed by atoms with E-state index in [0.717, 1.165) is 0 Å². The number of nitrogens with one attached hydrogen (secondary N) is 3. The molecular formula is C16H18N4O5S. The average Bonchev–Trinajstić information content (AvgIpc) is 2.59. The lowest BCUT2D eigenvalue weighted by molar-refractivity contribution is -0.384. The number of hydrogen-bond acceptors (Lipinski definition) is 6. The van der Waals surface area contributed by atoms with E-state index in [9.17, 15) is 23.3 Å². The summed E-state index contributed by atoms with van der Waals surface area (Å²) in [5.41, 5.74) is 1.14. The Morgan fingerprint density at radius 1 is 1.00 bits per heavy atom. The van der Waals surface area contributed by atoms with Gasteiger partial charge in [-0.2, -0.15) is 0 Å². The van der Waals surface area contributed by atoms with E-state index >= 15 is 0 Å². The van der Waals surface area contributed by atoms with Crippen LogP contribution in [0.25, 0.3) is 0 Å². The van der Waals surface area contributed by atoms with Gasteiger partial charge in [0.25, 0.3) is 5.69 Å². The number of non-ortho nitro benzene ring substituents is 1. The molecule has 0 spiro atoms. The number of benzene rings is 2. The molecule has 26 heavy (non-hydrogen) atoms. The molecular weight excluding hydrogens is 360 g/mol. The fourth-order valence-corrected chi connectivity index (χ4v) is 3.13. The number of rotatable bonds is 8. The summed E-state index contributed by atoms with van der Waals surface area (Å²) in [7, 11) is -3.67. The van der Waals surface area contributed by atoms with Gasteiger partial charge >= 0.3 is 0 Å². The van der Waals surface area contributed by atoms with E-state index in [0.29, 0.717) is 17.9 Å². The van der Waals surface area contributed by atoms with E-state index in [-0.39, 0.29) is 23.0 Å². The molecule has 0 fully saturated rings. The lowest BCUT2D eigenvalue weighted by Gasteiger charge is -2.09. The Hall–Kier alpha value is -2.98. The van der Waals surface area contributed by atoms with Crippen LogP contribution in [0.1, 0.15) is 6.92 Å². The Kier molecular flexibility index (Phi) is 6.26. The molecule has 2 aromatic carbocycles. The van der Waals surface area contributed by atoms with Gasteiger partial charge in [-0.25, -0.2) is 13.1 Å². The second-order valence-electron chi connectivity index (χ2n) is 5.33. The van der Waals surface area contributed by atoms with Crippen molar-refractivity contribution in [1.29, 1.82) is 0 Å². The summed E-state index contributed by atoms with van der Waals surface area (Å²) < 4.78 is 26.8. The summed E-state index contributed by atoms with van der Waals surface area (Å²) >= 11 is 0. The van der Waals surface area contributed by atoms with Crippen molar-refractivity contribution < 1.29 is 18.1 Å². The van der Waals surface area contributed by atoms with Gasteiger partial charge in [-0.05, 0) is 36.4 Å². The first-order valence-electron chi connectivity index (χ1n) is 7.63. The number of nitrogens with zero attached hydrogens (tertiary/aromatic N) is 1. The highest BCUT2D eigenvalue weighted by Gasteiger charge is 2.13. The summed E-state index contributed by atoms with van der Waals surface area (Å²) in [5, 5.41) is 16.1. The molecule has 2 aromatic rings. The Morgan fingerprint density at radius 3 is 2.12 bits per heavy atom. The minimum Gasteiger partial charge on any atom is -0.384 e. The average molecular weight is 378 g/mol. The largest absolute Gasteiger partial charge is 0.384 e. The summed E-state index contributed by atoms with van der Waals surface area (Å²) in [6, 6.07) is 11.6. The number of anilines is 2. The topological polar surface area (TPSA) is 130 Å². The van der Waals surface area contributed by atoms with Crippen molar-refractivity contribution in [2.24, 2.45) is 0 Å². The van der Waals surface area contributed by atoms with Crippen LogP contribution in [0, 0.1) is 10.1 Å². The zero-order valence-corrected chi connectivity index (χ0v) is 14.7. The Balaban J connectivity index is 1.85. The van der Waals surface area contributed by atoms with Gasteiger partial charge in [0.1, 0.15) is 0 Å². The smallest absolute Gasteiger partial charge is 0.269 e. The zero-order valence-electron chi connectivity index (χ0n) is 13.9. The van der Waals surface area contributed by atoms with E-state index in [4.69, 9.17) is 0 Å². The highest BCUT2D eigenvalue weighted by atomic mass is 32.2. The molecule has 3 N–H and O–H groups in total. The molecule has 2 rings (SSSR count). The number of carbonyl (C=O) groups is 1. The first-order chi connectivity index (χ1) is 12.3. The third-order valence-electron chi connectivity index (χ3n) is 3.31. The third kappa shape index (κ3) is 5.53. The quantitative estimate of drug-likeness (QED) is 0.366. The van der Waals surface area contributed by atoms with Gasteiger partial charge < -0.3 is 10.6 Å². The fraction of sp³-hybridized carbons (Fsp3) is 0.188. The van der Waals surface area contributed by atoms with Gasteiger partial charge in [-0.3, -0.25) is 14.9 Å².